The molecule has 6 heteroatoms. The molecule has 0 saturated carbocycles. The first kappa shape index (κ1) is 16.2. The van der Waals surface area contributed by atoms with Gasteiger partial charge >= 0.3 is 11.9 Å². The largest absolute Gasteiger partial charge is 0.549 e. The lowest BCUT2D eigenvalue weighted by Gasteiger charge is -2.20. The fraction of sp³-hybridized carbons (Fsp3) is 0.118. The van der Waals surface area contributed by atoms with Gasteiger partial charge in [0, 0.05) is 5.56 Å². The zero-order valence-corrected chi connectivity index (χ0v) is 11.9. The van der Waals surface area contributed by atoms with E-state index in [0.717, 1.165) is 0 Å². The first-order valence-corrected chi connectivity index (χ1v) is 6.74. The van der Waals surface area contributed by atoms with Gasteiger partial charge in [0.2, 0.25) is 6.10 Å². The van der Waals surface area contributed by atoms with Crippen LogP contribution in [0.1, 0.15) is 23.1 Å². The number of benzene rings is 2. The van der Waals surface area contributed by atoms with Crippen molar-refractivity contribution in [2.24, 2.45) is 0 Å². The Morgan fingerprint density at radius 2 is 1.35 bits per heavy atom. The van der Waals surface area contributed by atoms with Crippen molar-refractivity contribution in [1.82, 2.24) is 0 Å². The maximum absolute atomic E-state index is 12.2. The molecule has 0 bridgehead atoms. The van der Waals surface area contributed by atoms with E-state index in [1.54, 1.807) is 36.4 Å². The van der Waals surface area contributed by atoms with Gasteiger partial charge in [0.25, 0.3) is 0 Å². The summed E-state index contributed by atoms with van der Waals surface area (Å²) in [4.78, 5) is 34.8. The van der Waals surface area contributed by atoms with E-state index in [1.807, 2.05) is 0 Å². The van der Waals surface area contributed by atoms with Gasteiger partial charge in [0.05, 0.1) is 5.97 Å². The van der Waals surface area contributed by atoms with Crippen LogP contribution in [-0.2, 0) is 19.1 Å². The van der Waals surface area contributed by atoms with Crippen LogP contribution in [0, 0.1) is 0 Å². The standard InChI is InChI=1S/C17H14O6/c18-15(19)13(11-7-3-1-4-8-11)17(22)23-14(16(20)21)12-9-5-2-6-10-12/h1-10,13-14H,(H,18,19)(H,20,21)/p-1. The molecule has 0 radical (unpaired) electrons. The first-order valence-electron chi connectivity index (χ1n) is 6.74. The maximum Gasteiger partial charge on any atom is 0.349 e. The summed E-state index contributed by atoms with van der Waals surface area (Å²) in [7, 11) is 0. The van der Waals surface area contributed by atoms with Gasteiger partial charge in [-0.3, -0.25) is 4.79 Å². The minimum Gasteiger partial charge on any atom is -0.549 e. The van der Waals surface area contributed by atoms with Gasteiger partial charge < -0.3 is 19.7 Å². The molecule has 0 fully saturated rings. The number of carbonyl (C=O) groups excluding carboxylic acids is 2. The van der Waals surface area contributed by atoms with Gasteiger partial charge in [-0.25, -0.2) is 4.79 Å². The molecule has 0 spiro atoms. The third-order valence-electron chi connectivity index (χ3n) is 3.16. The summed E-state index contributed by atoms with van der Waals surface area (Å²) in [6.07, 6.45) is -1.59. The van der Waals surface area contributed by atoms with E-state index in [1.165, 1.54) is 24.3 Å². The highest BCUT2D eigenvalue weighted by Crippen LogP contribution is 2.23. The normalized spacial score (nSPS) is 12.9. The molecule has 0 amide bonds. The monoisotopic (exact) mass is 313 g/mol. The predicted octanol–water partition coefficient (Wildman–Crippen LogP) is 0.889. The van der Waals surface area contributed by atoms with Gasteiger partial charge in [-0.15, -0.1) is 0 Å². The smallest absolute Gasteiger partial charge is 0.349 e. The highest BCUT2D eigenvalue weighted by Gasteiger charge is 2.30. The molecule has 2 unspecified atom stereocenters. The van der Waals surface area contributed by atoms with E-state index in [2.05, 4.69) is 0 Å². The number of rotatable bonds is 6. The number of ether oxygens (including phenoxy) is 1. The van der Waals surface area contributed by atoms with Crippen LogP contribution in [0.5, 0.6) is 0 Å². The van der Waals surface area contributed by atoms with Crippen molar-refractivity contribution in [3.8, 4) is 0 Å². The highest BCUT2D eigenvalue weighted by atomic mass is 16.6. The van der Waals surface area contributed by atoms with Gasteiger partial charge in [-0.05, 0) is 5.56 Å². The minimum atomic E-state index is -1.69. The summed E-state index contributed by atoms with van der Waals surface area (Å²) < 4.78 is 4.92. The molecule has 2 aromatic rings. The molecule has 2 rings (SSSR count). The molecule has 118 valence electrons. The lowest BCUT2D eigenvalue weighted by molar-refractivity contribution is -0.307. The molecule has 6 nitrogen and oxygen atoms in total. The molecule has 0 saturated heterocycles. The van der Waals surface area contributed by atoms with Crippen molar-refractivity contribution >= 4 is 17.9 Å². The Bertz CT molecular complexity index is 696. The Morgan fingerprint density at radius 1 is 0.870 bits per heavy atom. The van der Waals surface area contributed by atoms with Gasteiger partial charge in [-0.2, -0.15) is 0 Å². The second-order valence-corrected chi connectivity index (χ2v) is 4.73. The summed E-state index contributed by atoms with van der Waals surface area (Å²) in [6.45, 7) is 0. The molecule has 0 aromatic heterocycles. The highest BCUT2D eigenvalue weighted by molar-refractivity contribution is 5.99. The van der Waals surface area contributed by atoms with E-state index in [9.17, 15) is 24.6 Å². The van der Waals surface area contributed by atoms with Crippen LogP contribution in [-0.4, -0.2) is 23.0 Å². The summed E-state index contributed by atoms with van der Waals surface area (Å²) in [5, 5.41) is 20.5. The average Bonchev–Trinajstić information content (AvgIpc) is 2.54. The predicted molar refractivity (Wildman–Crippen MR) is 77.1 cm³/mol. The fourth-order valence-corrected chi connectivity index (χ4v) is 2.09. The quantitative estimate of drug-likeness (QED) is 0.627. The van der Waals surface area contributed by atoms with Crippen molar-refractivity contribution in [2.75, 3.05) is 0 Å². The Labute approximate surface area is 131 Å². The molecule has 0 aliphatic carbocycles. The van der Waals surface area contributed by atoms with Crippen molar-refractivity contribution in [2.45, 2.75) is 12.0 Å². The Balaban J connectivity index is 2.27. The van der Waals surface area contributed by atoms with Crippen LogP contribution in [0.4, 0.5) is 0 Å². The van der Waals surface area contributed by atoms with E-state index in [-0.39, 0.29) is 11.1 Å². The summed E-state index contributed by atoms with van der Waals surface area (Å²) in [6, 6.07) is 15.4. The van der Waals surface area contributed by atoms with Crippen molar-refractivity contribution in [1.29, 1.82) is 0 Å². The number of carboxylic acid groups (broad SMARTS) is 2. The van der Waals surface area contributed by atoms with E-state index < -0.39 is 29.9 Å². The number of carbonyl (C=O) groups is 3. The fourth-order valence-electron chi connectivity index (χ4n) is 2.09. The molecular formula is C17H13O6-. The molecule has 1 N–H and O–H groups in total. The maximum atomic E-state index is 12.2. The number of carboxylic acids is 2. The minimum absolute atomic E-state index is 0.162. The SMILES string of the molecule is O=C(O)C(OC(=O)C(C(=O)[O-])c1ccccc1)c1ccccc1. The van der Waals surface area contributed by atoms with Crippen LogP contribution in [0.3, 0.4) is 0 Å². The first-order chi connectivity index (χ1) is 11.0. The Hall–Kier alpha value is -3.15. The summed E-state index contributed by atoms with van der Waals surface area (Å²) in [5.41, 5.74) is 0.396. The third kappa shape index (κ3) is 3.94. The number of esters is 1. The lowest BCUT2D eigenvalue weighted by Crippen LogP contribution is -2.36. The van der Waals surface area contributed by atoms with E-state index in [4.69, 9.17) is 4.74 Å². The number of hydrogen-bond donors (Lipinski definition) is 1. The van der Waals surface area contributed by atoms with Crippen molar-refractivity contribution in [3.63, 3.8) is 0 Å². The second kappa shape index (κ2) is 7.22. The zero-order valence-electron chi connectivity index (χ0n) is 11.9. The number of hydrogen-bond acceptors (Lipinski definition) is 5. The lowest BCUT2D eigenvalue weighted by atomic mass is 9.99. The Kier molecular flexibility index (Phi) is 5.09. The van der Waals surface area contributed by atoms with E-state index >= 15 is 0 Å². The average molecular weight is 313 g/mol. The van der Waals surface area contributed by atoms with Crippen LogP contribution in [0.25, 0.3) is 0 Å². The molecule has 0 aliphatic rings. The number of aliphatic carboxylic acids is 2. The molecular weight excluding hydrogens is 300 g/mol. The molecule has 23 heavy (non-hydrogen) atoms. The van der Waals surface area contributed by atoms with Gasteiger partial charge in [0.15, 0.2) is 0 Å². The zero-order chi connectivity index (χ0) is 16.8. The second-order valence-electron chi connectivity index (χ2n) is 4.73. The topological polar surface area (TPSA) is 104 Å². The third-order valence-corrected chi connectivity index (χ3v) is 3.16. The Morgan fingerprint density at radius 3 is 1.78 bits per heavy atom. The van der Waals surface area contributed by atoms with E-state index in [0.29, 0.717) is 0 Å². The van der Waals surface area contributed by atoms with Crippen LogP contribution in [0.2, 0.25) is 0 Å². The van der Waals surface area contributed by atoms with Gasteiger partial charge in [-0.1, -0.05) is 60.7 Å². The van der Waals surface area contributed by atoms with Crippen LogP contribution >= 0.6 is 0 Å². The van der Waals surface area contributed by atoms with Crippen molar-refractivity contribution in [3.05, 3.63) is 71.8 Å². The molecule has 2 aromatic carbocycles. The molecule has 0 aliphatic heterocycles. The molecule has 0 heterocycles. The van der Waals surface area contributed by atoms with Crippen molar-refractivity contribution < 1.29 is 29.3 Å². The summed E-state index contributed by atoms with van der Waals surface area (Å²) >= 11 is 0. The van der Waals surface area contributed by atoms with Crippen LogP contribution in [0.15, 0.2) is 60.7 Å². The molecule has 2 atom stereocenters. The van der Waals surface area contributed by atoms with Gasteiger partial charge in [0.1, 0.15) is 5.92 Å². The summed E-state index contributed by atoms with van der Waals surface area (Å²) in [5.74, 6) is -5.93. The van der Waals surface area contributed by atoms with Crippen LogP contribution < -0.4 is 5.11 Å².